The first-order valence-corrected chi connectivity index (χ1v) is 1.61. The van der Waals surface area contributed by atoms with Crippen molar-refractivity contribution in [2.45, 2.75) is 0 Å². The van der Waals surface area contributed by atoms with Crippen LogP contribution in [0.3, 0.4) is 0 Å². The average molecular weight is 138 g/mol. The van der Waals surface area contributed by atoms with Gasteiger partial charge in [0, 0.05) is 0 Å². The van der Waals surface area contributed by atoms with E-state index in [1.54, 1.807) is 0 Å². The van der Waals surface area contributed by atoms with Gasteiger partial charge in [-0.2, -0.15) is 0 Å². The maximum atomic E-state index is 9.14. The summed E-state index contributed by atoms with van der Waals surface area (Å²) in [6, 6.07) is 0. The molecule has 3 heteroatoms. The molecule has 0 fully saturated rings. The smallest absolute Gasteiger partial charge is 0.545 e. The van der Waals surface area contributed by atoms with Gasteiger partial charge >= 0.3 is 51.4 Å². The van der Waals surface area contributed by atoms with Crippen LogP contribution in [0.25, 0.3) is 0 Å². The van der Waals surface area contributed by atoms with Gasteiger partial charge in [-0.25, -0.2) is 0 Å². The zero-order valence-corrected chi connectivity index (χ0v) is 8.14. The molecular weight excluding hydrogens is 131 g/mol. The maximum Gasteiger partial charge on any atom is 1.00 e. The Morgan fingerprint density at radius 1 is 1.50 bits per heavy atom. The zero-order valence-electron chi connectivity index (χ0n) is 5.02. The quantitative estimate of drug-likeness (QED) is 0.217. The second-order valence-electron chi connectivity index (χ2n) is 0.523. The van der Waals surface area contributed by atoms with Crippen molar-refractivity contribution in [2.75, 3.05) is 0 Å². The number of hydrogen-bond acceptors (Lipinski definition) is 2. The summed E-state index contributed by atoms with van der Waals surface area (Å²) in [6.45, 7) is 8.90. The summed E-state index contributed by atoms with van der Waals surface area (Å²) in [6.07, 6.45) is 0.722. The molecule has 8 heavy (non-hydrogen) atoms. The average Bonchev–Trinajstić information content (AvgIpc) is 1.73. The van der Waals surface area contributed by atoms with Crippen molar-refractivity contribution in [1.82, 2.24) is 0 Å². The van der Waals surface area contributed by atoms with Gasteiger partial charge in [-0.3, -0.25) is 0 Å². The summed E-state index contributed by atoms with van der Waals surface area (Å²) in [5, 5.41) is 9.14. The summed E-state index contributed by atoms with van der Waals surface area (Å²) in [5.41, 5.74) is 0. The van der Waals surface area contributed by atoms with Crippen molar-refractivity contribution < 1.29 is 61.3 Å². The predicted molar refractivity (Wildman–Crippen MR) is 26.5 cm³/mol. The van der Waals surface area contributed by atoms with Crippen molar-refractivity contribution in [3.05, 3.63) is 25.8 Å². The fourth-order valence-electron chi connectivity index (χ4n) is 0. The molecule has 0 aliphatic heterocycles. The second kappa shape index (κ2) is 15.6. The van der Waals surface area contributed by atoms with E-state index in [1.165, 1.54) is 0 Å². The third-order valence-electron chi connectivity index (χ3n) is 0.167. The van der Waals surface area contributed by atoms with Gasteiger partial charge in [0.05, 0.1) is 5.97 Å². The van der Waals surface area contributed by atoms with E-state index in [-0.39, 0.29) is 51.4 Å². The van der Waals surface area contributed by atoms with Crippen LogP contribution >= 0.6 is 0 Å². The van der Waals surface area contributed by atoms with E-state index in [2.05, 4.69) is 19.7 Å². The molecule has 0 aliphatic carbocycles. The molecule has 0 heterocycles. The molecule has 0 bridgehead atoms. The molecule has 0 atom stereocenters. The Kier molecular flexibility index (Phi) is 31.0. The largest absolute Gasteiger partial charge is 1.00 e. The van der Waals surface area contributed by atoms with Crippen molar-refractivity contribution in [3.8, 4) is 0 Å². The molecular formula is C5H7KO2. The van der Waals surface area contributed by atoms with Gasteiger partial charge in [0.1, 0.15) is 0 Å². The van der Waals surface area contributed by atoms with Crippen molar-refractivity contribution in [3.63, 3.8) is 0 Å². The normalized spacial score (nSPS) is 4.50. The van der Waals surface area contributed by atoms with Gasteiger partial charge in [0.15, 0.2) is 0 Å². The van der Waals surface area contributed by atoms with E-state index < -0.39 is 5.97 Å². The minimum absolute atomic E-state index is 0. The summed E-state index contributed by atoms with van der Waals surface area (Å²) in [5.74, 6) is -1.23. The van der Waals surface area contributed by atoms with Crippen LogP contribution in [0.2, 0.25) is 0 Å². The third-order valence-corrected chi connectivity index (χ3v) is 0.167. The molecule has 0 unspecified atom stereocenters. The number of carboxylic acid groups (broad SMARTS) is 1. The van der Waals surface area contributed by atoms with Crippen LogP contribution in [-0.4, -0.2) is 5.97 Å². The van der Waals surface area contributed by atoms with Gasteiger partial charge in [-0.05, 0) is 6.08 Å². The first-order chi connectivity index (χ1) is 3.27. The zero-order chi connectivity index (χ0) is 6.28. The number of carbonyl (C=O) groups excluding carboxylic acids is 1. The Morgan fingerprint density at radius 3 is 1.62 bits per heavy atom. The second-order valence-corrected chi connectivity index (χ2v) is 0.523. The Labute approximate surface area is 91.7 Å². The van der Waals surface area contributed by atoms with Crippen LogP contribution in [0.5, 0.6) is 0 Å². The molecule has 0 N–H and O–H groups in total. The third kappa shape index (κ3) is 30.7. The van der Waals surface area contributed by atoms with Crippen molar-refractivity contribution >= 4 is 5.97 Å². The topological polar surface area (TPSA) is 40.1 Å². The first kappa shape index (κ1) is 15.8. The van der Waals surface area contributed by atoms with E-state index in [0.717, 1.165) is 6.08 Å². The monoisotopic (exact) mass is 138 g/mol. The molecule has 0 saturated carbocycles. The van der Waals surface area contributed by atoms with E-state index in [4.69, 9.17) is 9.90 Å². The van der Waals surface area contributed by atoms with Gasteiger partial charge in [0.25, 0.3) is 0 Å². The van der Waals surface area contributed by atoms with Gasteiger partial charge in [-0.1, -0.05) is 6.58 Å². The van der Waals surface area contributed by atoms with E-state index in [0.29, 0.717) is 0 Å². The first-order valence-electron chi connectivity index (χ1n) is 1.61. The molecule has 0 rings (SSSR count). The fraction of sp³-hybridized carbons (Fsp3) is 0. The fourth-order valence-corrected chi connectivity index (χ4v) is 0. The Balaban J connectivity index is -0.0000000750. The van der Waals surface area contributed by atoms with Crippen molar-refractivity contribution in [2.24, 2.45) is 0 Å². The van der Waals surface area contributed by atoms with Crippen LogP contribution < -0.4 is 56.5 Å². The summed E-state index contributed by atoms with van der Waals surface area (Å²) >= 11 is 0. The Hall–Kier alpha value is 0.586. The van der Waals surface area contributed by atoms with Crippen LogP contribution in [0.15, 0.2) is 25.8 Å². The Morgan fingerprint density at radius 2 is 1.62 bits per heavy atom. The number of rotatable bonds is 1. The standard InChI is InChI=1S/C3H4O2.C2H4.K/c1-2-3(4)5;1-2;/h2H,1H2,(H,4,5);1-2H2;/q;;+1/p-1. The van der Waals surface area contributed by atoms with Crippen LogP contribution in [0.1, 0.15) is 0 Å². The molecule has 0 aromatic rings. The molecule has 0 spiro atoms. The van der Waals surface area contributed by atoms with Crippen molar-refractivity contribution in [1.29, 1.82) is 0 Å². The SMILES string of the molecule is C=C.C=CC(=O)[O-].[K+]. The van der Waals surface area contributed by atoms with Crippen LogP contribution in [0, 0.1) is 0 Å². The van der Waals surface area contributed by atoms with Crippen LogP contribution in [-0.2, 0) is 4.79 Å². The van der Waals surface area contributed by atoms with Gasteiger partial charge in [-0.15, -0.1) is 13.2 Å². The minimum atomic E-state index is -1.23. The summed E-state index contributed by atoms with van der Waals surface area (Å²) in [4.78, 5) is 9.14. The molecule has 0 radical (unpaired) electrons. The molecule has 0 aromatic carbocycles. The molecule has 0 aromatic heterocycles. The minimum Gasteiger partial charge on any atom is -0.545 e. The maximum absolute atomic E-state index is 9.14. The number of aliphatic carboxylic acids is 1. The van der Waals surface area contributed by atoms with Gasteiger partial charge < -0.3 is 9.90 Å². The Bertz CT molecular complexity index is 70.8. The predicted octanol–water partition coefficient (Wildman–Crippen LogP) is -3.27. The molecule has 0 amide bonds. The van der Waals surface area contributed by atoms with E-state index in [9.17, 15) is 0 Å². The molecule has 0 saturated heterocycles. The molecule has 2 nitrogen and oxygen atoms in total. The van der Waals surface area contributed by atoms with E-state index >= 15 is 0 Å². The number of carboxylic acids is 1. The number of carbonyl (C=O) groups is 1. The van der Waals surface area contributed by atoms with Crippen LogP contribution in [0.4, 0.5) is 0 Å². The molecule has 0 aliphatic rings. The molecule has 40 valence electrons. The number of hydrogen-bond donors (Lipinski definition) is 0. The summed E-state index contributed by atoms with van der Waals surface area (Å²) < 4.78 is 0. The summed E-state index contributed by atoms with van der Waals surface area (Å²) in [7, 11) is 0. The van der Waals surface area contributed by atoms with E-state index in [1.807, 2.05) is 0 Å². The van der Waals surface area contributed by atoms with Gasteiger partial charge in [0.2, 0.25) is 0 Å².